The first-order valence-corrected chi connectivity index (χ1v) is 11.8. The second kappa shape index (κ2) is 12.2. The first kappa shape index (κ1) is 30.1. The van der Waals surface area contributed by atoms with Gasteiger partial charge in [0.15, 0.2) is 11.5 Å². The van der Waals surface area contributed by atoms with Crippen LogP contribution >= 0.6 is 0 Å². The van der Waals surface area contributed by atoms with Crippen molar-refractivity contribution in [2.45, 2.75) is 86.9 Å². The molecule has 0 bridgehead atoms. The second-order valence-electron chi connectivity index (χ2n) is 10.3. The summed E-state index contributed by atoms with van der Waals surface area (Å²) in [6.45, 7) is 15.2. The Kier molecular flexibility index (Phi) is 10.4. The molecule has 2 atom stereocenters. The van der Waals surface area contributed by atoms with Gasteiger partial charge in [0.25, 0.3) is 5.72 Å². The molecule has 0 fully saturated rings. The third-order valence-electron chi connectivity index (χ3n) is 5.14. The molecule has 1 aromatic carbocycles. The third-order valence-corrected chi connectivity index (χ3v) is 5.14. The van der Waals surface area contributed by atoms with Crippen LogP contribution in [-0.4, -0.2) is 40.8 Å². The van der Waals surface area contributed by atoms with Crippen molar-refractivity contribution in [3.8, 4) is 11.5 Å². The molecule has 9 heteroatoms. The molecule has 0 aromatic heterocycles. The number of carboxylic acid groups (broad SMARTS) is 1. The Bertz CT molecular complexity index is 932. The molecule has 0 aliphatic heterocycles. The fourth-order valence-corrected chi connectivity index (χ4v) is 2.68. The Labute approximate surface area is 207 Å². The Morgan fingerprint density at radius 3 is 1.86 bits per heavy atom. The van der Waals surface area contributed by atoms with Crippen molar-refractivity contribution in [1.29, 1.82) is 0 Å². The molecule has 2 N–H and O–H groups in total. The average Bonchev–Trinajstić information content (AvgIpc) is 2.74. The number of hydrogen-bond donors (Lipinski definition) is 2. The van der Waals surface area contributed by atoms with Crippen LogP contribution in [0.3, 0.4) is 0 Å². The van der Waals surface area contributed by atoms with E-state index < -0.39 is 46.9 Å². The number of aliphatic carboxylic acids is 1. The van der Waals surface area contributed by atoms with Crippen LogP contribution in [0.5, 0.6) is 11.5 Å². The predicted octanol–water partition coefficient (Wildman–Crippen LogP) is 4.11. The van der Waals surface area contributed by atoms with E-state index in [2.05, 4.69) is 5.32 Å². The number of esters is 3. The lowest BCUT2D eigenvalue weighted by Crippen LogP contribution is -2.60. The minimum Gasteiger partial charge on any atom is -0.477 e. The highest BCUT2D eigenvalue weighted by Crippen LogP contribution is 2.32. The first-order chi connectivity index (χ1) is 16.0. The molecule has 1 unspecified atom stereocenters. The topological polar surface area (TPSA) is 128 Å². The van der Waals surface area contributed by atoms with Crippen LogP contribution < -0.4 is 14.8 Å². The average molecular weight is 494 g/mol. The van der Waals surface area contributed by atoms with Crippen LogP contribution in [0.4, 0.5) is 0 Å². The maximum Gasteiger partial charge on any atom is 0.364 e. The van der Waals surface area contributed by atoms with Crippen molar-refractivity contribution in [3.63, 3.8) is 0 Å². The molecule has 0 radical (unpaired) electrons. The summed E-state index contributed by atoms with van der Waals surface area (Å²) in [5.74, 6) is -3.99. The van der Waals surface area contributed by atoms with Gasteiger partial charge in [0.05, 0.1) is 17.3 Å². The van der Waals surface area contributed by atoms with E-state index in [1.54, 1.807) is 55.4 Å². The quantitative estimate of drug-likeness (QED) is 0.266. The van der Waals surface area contributed by atoms with Gasteiger partial charge in [-0.25, -0.2) is 4.79 Å². The fourth-order valence-electron chi connectivity index (χ4n) is 2.68. The number of nitrogens with one attached hydrogen (secondary N) is 1. The standard InChI is InChI=1S/C26H39NO8/c1-10-17(6)27-26(23(30)31,35-24(32)25(7,8)9)14-18-11-12-19(33-21(28)15(2)3)20(13-18)34-22(29)16(4)5/h11-13,15-17,27H,10,14H2,1-9H3,(H,30,31)/t17?,26-/m0/s1. The van der Waals surface area contributed by atoms with E-state index in [1.165, 1.54) is 18.2 Å². The maximum absolute atomic E-state index is 12.7. The summed E-state index contributed by atoms with van der Waals surface area (Å²) >= 11 is 0. The molecule has 0 saturated heterocycles. The number of carbonyl (C=O) groups is 4. The van der Waals surface area contributed by atoms with E-state index in [-0.39, 0.29) is 24.0 Å². The number of carboxylic acids is 1. The molecule has 0 spiro atoms. The lowest BCUT2D eigenvalue weighted by atomic mass is 9.95. The predicted molar refractivity (Wildman–Crippen MR) is 130 cm³/mol. The summed E-state index contributed by atoms with van der Waals surface area (Å²) in [6.07, 6.45) is 0.322. The van der Waals surface area contributed by atoms with Gasteiger partial charge in [-0.2, -0.15) is 0 Å². The SMILES string of the molecule is CCC(C)N[C@@](Cc1ccc(OC(=O)C(C)C)c(OC(=O)C(C)C)c1)(OC(=O)C(C)(C)C)C(=O)O. The van der Waals surface area contributed by atoms with E-state index in [9.17, 15) is 24.3 Å². The molecule has 196 valence electrons. The zero-order chi connectivity index (χ0) is 27.1. The van der Waals surface area contributed by atoms with Gasteiger partial charge < -0.3 is 19.3 Å². The highest BCUT2D eigenvalue weighted by molar-refractivity contribution is 5.84. The summed E-state index contributed by atoms with van der Waals surface area (Å²) in [5, 5.41) is 13.1. The van der Waals surface area contributed by atoms with Gasteiger partial charge in [-0.05, 0) is 51.8 Å². The molecule has 1 rings (SSSR count). The zero-order valence-electron chi connectivity index (χ0n) is 22.2. The van der Waals surface area contributed by atoms with Crippen LogP contribution in [0, 0.1) is 17.3 Å². The Balaban J connectivity index is 3.53. The molecule has 9 nitrogen and oxygen atoms in total. The number of benzene rings is 1. The lowest BCUT2D eigenvalue weighted by Gasteiger charge is -2.35. The molecular weight excluding hydrogens is 454 g/mol. The van der Waals surface area contributed by atoms with E-state index in [1.807, 2.05) is 6.92 Å². The van der Waals surface area contributed by atoms with Crippen molar-refractivity contribution in [2.24, 2.45) is 17.3 Å². The molecule has 0 heterocycles. The first-order valence-electron chi connectivity index (χ1n) is 11.8. The van der Waals surface area contributed by atoms with Gasteiger partial charge in [-0.3, -0.25) is 19.7 Å². The fraction of sp³-hybridized carbons (Fsp3) is 0.615. The van der Waals surface area contributed by atoms with Gasteiger partial charge in [0.1, 0.15) is 0 Å². The molecule has 1 aromatic rings. The minimum atomic E-state index is -2.07. The number of rotatable bonds is 11. The summed E-state index contributed by atoms with van der Waals surface area (Å²) in [6, 6.07) is 4.10. The van der Waals surface area contributed by atoms with Crippen LogP contribution in [0.15, 0.2) is 18.2 Å². The monoisotopic (exact) mass is 493 g/mol. The summed E-state index contributed by atoms with van der Waals surface area (Å²) in [4.78, 5) is 49.6. The largest absolute Gasteiger partial charge is 0.477 e. The Morgan fingerprint density at radius 1 is 0.914 bits per heavy atom. The number of hydrogen-bond acceptors (Lipinski definition) is 8. The molecular formula is C26H39NO8. The van der Waals surface area contributed by atoms with Crippen LogP contribution in [-0.2, 0) is 30.3 Å². The van der Waals surface area contributed by atoms with Crippen molar-refractivity contribution < 1.29 is 38.5 Å². The van der Waals surface area contributed by atoms with E-state index in [4.69, 9.17) is 14.2 Å². The second-order valence-corrected chi connectivity index (χ2v) is 10.3. The molecule has 0 aliphatic carbocycles. The summed E-state index contributed by atoms with van der Waals surface area (Å²) < 4.78 is 16.4. The minimum absolute atomic E-state index is 0.0276. The van der Waals surface area contributed by atoms with Gasteiger partial charge >= 0.3 is 23.9 Å². The van der Waals surface area contributed by atoms with Gasteiger partial charge in [-0.1, -0.05) is 40.7 Å². The normalized spacial score (nSPS) is 14.3. The molecule has 0 saturated carbocycles. The van der Waals surface area contributed by atoms with Crippen molar-refractivity contribution in [2.75, 3.05) is 0 Å². The smallest absolute Gasteiger partial charge is 0.364 e. The zero-order valence-corrected chi connectivity index (χ0v) is 22.2. The van der Waals surface area contributed by atoms with Crippen molar-refractivity contribution >= 4 is 23.9 Å². The van der Waals surface area contributed by atoms with Crippen LogP contribution in [0.25, 0.3) is 0 Å². The van der Waals surface area contributed by atoms with Crippen molar-refractivity contribution in [1.82, 2.24) is 5.32 Å². The summed E-state index contributed by atoms with van der Waals surface area (Å²) in [7, 11) is 0. The Morgan fingerprint density at radius 2 is 1.43 bits per heavy atom. The van der Waals surface area contributed by atoms with Crippen molar-refractivity contribution in [3.05, 3.63) is 23.8 Å². The van der Waals surface area contributed by atoms with E-state index in [0.29, 0.717) is 12.0 Å². The molecule has 0 amide bonds. The molecule has 35 heavy (non-hydrogen) atoms. The van der Waals surface area contributed by atoms with Crippen LogP contribution in [0.1, 0.15) is 74.3 Å². The Hall–Kier alpha value is -2.94. The van der Waals surface area contributed by atoms with Gasteiger partial charge in [0.2, 0.25) is 0 Å². The summed E-state index contributed by atoms with van der Waals surface area (Å²) in [5.41, 5.74) is -2.62. The third kappa shape index (κ3) is 8.65. The van der Waals surface area contributed by atoms with E-state index in [0.717, 1.165) is 0 Å². The highest BCUT2D eigenvalue weighted by atomic mass is 16.6. The maximum atomic E-state index is 12.7. The highest BCUT2D eigenvalue weighted by Gasteiger charge is 2.46. The molecule has 0 aliphatic rings. The number of ether oxygens (including phenoxy) is 3. The number of carbonyl (C=O) groups excluding carboxylic acids is 3. The van der Waals surface area contributed by atoms with Gasteiger partial charge in [0, 0.05) is 12.5 Å². The van der Waals surface area contributed by atoms with E-state index >= 15 is 0 Å². The van der Waals surface area contributed by atoms with Gasteiger partial charge in [-0.15, -0.1) is 0 Å². The lowest BCUT2D eigenvalue weighted by molar-refractivity contribution is -0.190. The van der Waals surface area contributed by atoms with Crippen LogP contribution in [0.2, 0.25) is 0 Å².